The molecule has 0 radical (unpaired) electrons. The van der Waals surface area contributed by atoms with Crippen molar-refractivity contribution in [2.24, 2.45) is 7.05 Å². The first-order valence-corrected chi connectivity index (χ1v) is 11.8. The largest absolute Gasteiger partial charge is 0.494 e. The number of thiazole rings is 1. The van der Waals surface area contributed by atoms with Crippen LogP contribution in [0.2, 0.25) is 5.15 Å². The number of halogens is 2. The van der Waals surface area contributed by atoms with E-state index in [1.807, 2.05) is 0 Å². The minimum absolute atomic E-state index is 0.00404. The summed E-state index contributed by atoms with van der Waals surface area (Å²) in [5.74, 6) is -0.854. The highest BCUT2D eigenvalue weighted by molar-refractivity contribution is 7.22. The van der Waals surface area contributed by atoms with Gasteiger partial charge >= 0.3 is 0 Å². The van der Waals surface area contributed by atoms with Gasteiger partial charge in [-0.2, -0.15) is 14.4 Å². The summed E-state index contributed by atoms with van der Waals surface area (Å²) < 4.78 is 22.5. The van der Waals surface area contributed by atoms with Crippen molar-refractivity contribution in [3.63, 3.8) is 0 Å². The molecular weight excluding hydrogens is 507 g/mol. The van der Waals surface area contributed by atoms with Gasteiger partial charge in [-0.05, 0) is 37.6 Å². The number of carbonyl (C=O) groups is 1. The molecule has 13 heteroatoms. The SMILES string of the molecule is COc1c(C)nc(Cl)c(C(=O)Nc2nc3nc(F)c(-c4c(C)nnn4C)cc3s2)c1-c1ccncc1. The van der Waals surface area contributed by atoms with Gasteiger partial charge < -0.3 is 4.74 Å². The average molecular weight is 525 g/mol. The molecule has 0 saturated carbocycles. The molecule has 5 aromatic heterocycles. The van der Waals surface area contributed by atoms with Crippen molar-refractivity contribution in [1.29, 1.82) is 0 Å². The molecule has 0 atom stereocenters. The number of fused-ring (bicyclic) bond motifs is 1. The fourth-order valence-corrected chi connectivity index (χ4v) is 5.10. The lowest BCUT2D eigenvalue weighted by Crippen LogP contribution is -2.15. The van der Waals surface area contributed by atoms with Gasteiger partial charge in [0, 0.05) is 25.0 Å². The summed E-state index contributed by atoms with van der Waals surface area (Å²) in [4.78, 5) is 30.0. The number of anilines is 1. The van der Waals surface area contributed by atoms with E-state index in [-0.39, 0.29) is 27.1 Å². The minimum Gasteiger partial charge on any atom is -0.494 e. The highest BCUT2D eigenvalue weighted by Crippen LogP contribution is 2.39. The second kappa shape index (κ2) is 9.21. The Morgan fingerprint density at radius 2 is 1.92 bits per heavy atom. The van der Waals surface area contributed by atoms with E-state index < -0.39 is 11.9 Å². The van der Waals surface area contributed by atoms with E-state index in [0.717, 1.165) is 11.3 Å². The number of ether oxygens (including phenoxy) is 1. The van der Waals surface area contributed by atoms with Gasteiger partial charge in [0.05, 0.1) is 40.0 Å². The first-order chi connectivity index (χ1) is 17.3. The van der Waals surface area contributed by atoms with Crippen molar-refractivity contribution in [2.75, 3.05) is 12.4 Å². The van der Waals surface area contributed by atoms with Gasteiger partial charge in [0.15, 0.2) is 10.8 Å². The summed E-state index contributed by atoms with van der Waals surface area (Å²) >= 11 is 7.59. The Kier molecular flexibility index (Phi) is 6.06. The quantitative estimate of drug-likeness (QED) is 0.331. The smallest absolute Gasteiger partial charge is 0.261 e. The lowest BCUT2D eigenvalue weighted by atomic mass is 9.99. The summed E-state index contributed by atoms with van der Waals surface area (Å²) in [5, 5.41) is 10.9. The van der Waals surface area contributed by atoms with Crippen molar-refractivity contribution in [3.05, 3.63) is 58.6 Å². The van der Waals surface area contributed by atoms with Gasteiger partial charge in [-0.1, -0.05) is 28.2 Å². The fraction of sp³-hybridized carbons (Fsp3) is 0.174. The van der Waals surface area contributed by atoms with Crippen LogP contribution >= 0.6 is 22.9 Å². The van der Waals surface area contributed by atoms with Crippen LogP contribution in [-0.2, 0) is 7.05 Å². The molecule has 182 valence electrons. The van der Waals surface area contributed by atoms with Crippen molar-refractivity contribution in [3.8, 4) is 28.1 Å². The van der Waals surface area contributed by atoms with Crippen LogP contribution in [-0.4, -0.2) is 47.9 Å². The van der Waals surface area contributed by atoms with Gasteiger partial charge in [0.2, 0.25) is 5.95 Å². The molecule has 1 N–H and O–H groups in total. The van der Waals surface area contributed by atoms with Crippen molar-refractivity contribution < 1.29 is 13.9 Å². The number of hydrogen-bond acceptors (Lipinski definition) is 9. The van der Waals surface area contributed by atoms with Crippen LogP contribution in [0.3, 0.4) is 0 Å². The molecule has 0 aliphatic carbocycles. The van der Waals surface area contributed by atoms with E-state index in [2.05, 4.69) is 35.6 Å². The van der Waals surface area contributed by atoms with Gasteiger partial charge in [-0.3, -0.25) is 15.1 Å². The minimum atomic E-state index is -0.713. The highest BCUT2D eigenvalue weighted by atomic mass is 35.5. The summed E-state index contributed by atoms with van der Waals surface area (Å²) in [7, 11) is 3.17. The Bertz CT molecular complexity index is 1620. The number of nitrogens with zero attached hydrogens (tertiary/aromatic N) is 7. The summed E-state index contributed by atoms with van der Waals surface area (Å²) in [6.45, 7) is 3.47. The van der Waals surface area contributed by atoms with E-state index >= 15 is 0 Å². The topological polar surface area (TPSA) is 121 Å². The Balaban J connectivity index is 1.57. The predicted molar refractivity (Wildman–Crippen MR) is 134 cm³/mol. The van der Waals surface area contributed by atoms with Crippen molar-refractivity contribution >= 4 is 44.3 Å². The van der Waals surface area contributed by atoms with Crippen LogP contribution in [0.5, 0.6) is 5.75 Å². The van der Waals surface area contributed by atoms with Crippen LogP contribution in [0.25, 0.3) is 32.7 Å². The maximum absolute atomic E-state index is 14.8. The van der Waals surface area contributed by atoms with E-state index in [1.54, 1.807) is 51.5 Å². The molecule has 0 bridgehead atoms. The lowest BCUT2D eigenvalue weighted by molar-refractivity contribution is 0.102. The number of hydrogen-bond donors (Lipinski definition) is 1. The summed E-state index contributed by atoms with van der Waals surface area (Å²) in [5.41, 5.74) is 3.26. The second-order valence-electron chi connectivity index (χ2n) is 7.78. The molecule has 0 unspecified atom stereocenters. The Labute approximate surface area is 213 Å². The second-order valence-corrected chi connectivity index (χ2v) is 9.16. The Morgan fingerprint density at radius 3 is 2.58 bits per heavy atom. The van der Waals surface area contributed by atoms with Crippen LogP contribution in [0.15, 0.2) is 30.6 Å². The van der Waals surface area contributed by atoms with Gasteiger partial charge in [-0.25, -0.2) is 9.67 Å². The standard InChI is InChI=1S/C23H18ClFN8O2S/c1-10-17(33(3)32-31-10)13-9-14-21(28-20(13)25)29-23(36-14)30-22(34)16-15(12-5-7-26-8-6-12)18(35-4)11(2)27-19(16)24/h5-9H,1-4H3,(H,28,29,30,34). The third-order valence-electron chi connectivity index (χ3n) is 5.49. The molecule has 5 rings (SSSR count). The van der Waals surface area contributed by atoms with Crippen LogP contribution in [0, 0.1) is 19.8 Å². The predicted octanol–water partition coefficient (Wildman–Crippen LogP) is 4.61. The van der Waals surface area contributed by atoms with Gasteiger partial charge in [-0.15, -0.1) is 5.10 Å². The number of aromatic nitrogens is 7. The third kappa shape index (κ3) is 4.03. The lowest BCUT2D eigenvalue weighted by Gasteiger charge is -2.16. The van der Waals surface area contributed by atoms with Crippen LogP contribution in [0.4, 0.5) is 9.52 Å². The van der Waals surface area contributed by atoms with Crippen LogP contribution < -0.4 is 10.1 Å². The number of methoxy groups -OCH3 is 1. The Morgan fingerprint density at radius 1 is 1.17 bits per heavy atom. The zero-order valence-corrected chi connectivity index (χ0v) is 21.1. The van der Waals surface area contributed by atoms with Crippen molar-refractivity contribution in [2.45, 2.75) is 13.8 Å². The monoisotopic (exact) mass is 524 g/mol. The zero-order valence-electron chi connectivity index (χ0n) is 19.5. The fourth-order valence-electron chi connectivity index (χ4n) is 3.95. The average Bonchev–Trinajstić information content (AvgIpc) is 3.39. The maximum atomic E-state index is 14.8. The molecule has 1 amide bonds. The summed E-state index contributed by atoms with van der Waals surface area (Å²) in [6.07, 6.45) is 3.20. The van der Waals surface area contributed by atoms with Gasteiger partial charge in [0.1, 0.15) is 10.9 Å². The molecular formula is C23H18ClFN8O2S. The van der Waals surface area contributed by atoms with Crippen molar-refractivity contribution in [1.82, 2.24) is 34.9 Å². The molecule has 5 heterocycles. The van der Waals surface area contributed by atoms with E-state index in [4.69, 9.17) is 16.3 Å². The number of nitrogens with one attached hydrogen (secondary N) is 1. The first kappa shape index (κ1) is 23.7. The molecule has 0 fully saturated rings. The van der Waals surface area contributed by atoms with E-state index in [9.17, 15) is 9.18 Å². The number of carbonyl (C=O) groups excluding carboxylic acids is 1. The highest BCUT2D eigenvalue weighted by Gasteiger charge is 2.26. The zero-order chi connectivity index (χ0) is 25.6. The normalized spacial score (nSPS) is 11.2. The molecule has 5 aromatic rings. The van der Waals surface area contributed by atoms with E-state index in [1.165, 1.54) is 11.8 Å². The molecule has 0 aliphatic rings. The van der Waals surface area contributed by atoms with Gasteiger partial charge in [0.25, 0.3) is 5.91 Å². The molecule has 0 aliphatic heterocycles. The maximum Gasteiger partial charge on any atom is 0.261 e. The Hall–Kier alpha value is -4.03. The molecule has 0 saturated heterocycles. The van der Waals surface area contributed by atoms with E-state index in [0.29, 0.717) is 38.7 Å². The summed E-state index contributed by atoms with van der Waals surface area (Å²) in [6, 6.07) is 5.10. The molecule has 36 heavy (non-hydrogen) atoms. The molecule has 0 aromatic carbocycles. The number of amides is 1. The number of rotatable bonds is 5. The number of pyridine rings is 3. The first-order valence-electron chi connectivity index (χ1n) is 10.6. The molecule has 0 spiro atoms. The molecule has 10 nitrogen and oxygen atoms in total. The third-order valence-corrected chi connectivity index (χ3v) is 6.67. The van der Waals surface area contributed by atoms with Crippen LogP contribution in [0.1, 0.15) is 21.7 Å². The number of aryl methyl sites for hydroxylation is 3.